The minimum atomic E-state index is -0.0790. The number of aromatic nitrogens is 1. The van der Waals surface area contributed by atoms with Crippen LogP contribution in [-0.4, -0.2) is 10.4 Å². The lowest BCUT2D eigenvalue weighted by Crippen LogP contribution is -2.22. The molecule has 0 aliphatic rings. The molecule has 0 radical (unpaired) electrons. The number of carbonyl (C=O) groups excluding carboxylic acids is 1. The first kappa shape index (κ1) is 15.4. The molecule has 1 aromatic carbocycles. The van der Waals surface area contributed by atoms with E-state index in [1.807, 2.05) is 53.2 Å². The van der Waals surface area contributed by atoms with Crippen molar-refractivity contribution in [1.82, 2.24) is 4.57 Å². The van der Waals surface area contributed by atoms with Crippen molar-refractivity contribution in [3.8, 4) is 0 Å². The van der Waals surface area contributed by atoms with Crippen LogP contribution in [0.3, 0.4) is 0 Å². The van der Waals surface area contributed by atoms with E-state index in [4.69, 9.17) is 12.2 Å². The Bertz CT molecular complexity index is 721. The number of hydrogen-bond acceptors (Lipinski definition) is 2. The summed E-state index contributed by atoms with van der Waals surface area (Å²) in [5.41, 5.74) is 1.48. The van der Waals surface area contributed by atoms with Crippen molar-refractivity contribution >= 4 is 24.1 Å². The minimum Gasteiger partial charge on any atom is -0.333 e. The van der Waals surface area contributed by atoms with Crippen LogP contribution in [0.5, 0.6) is 0 Å². The predicted molar refractivity (Wildman–Crippen MR) is 90.1 cm³/mol. The van der Waals surface area contributed by atoms with Gasteiger partial charge in [0.05, 0.1) is 0 Å². The zero-order valence-corrected chi connectivity index (χ0v) is 13.4. The van der Waals surface area contributed by atoms with Crippen LogP contribution in [0.2, 0.25) is 0 Å². The quantitative estimate of drug-likeness (QED) is 0.458. The van der Waals surface area contributed by atoms with E-state index in [1.165, 1.54) is 0 Å². The van der Waals surface area contributed by atoms with Crippen LogP contribution < -0.4 is 0 Å². The second-order valence-corrected chi connectivity index (χ2v) is 6.26. The van der Waals surface area contributed by atoms with Gasteiger partial charge in [-0.05, 0) is 39.0 Å². The molecular formula is C18H19NOS. The zero-order valence-electron chi connectivity index (χ0n) is 12.5. The summed E-state index contributed by atoms with van der Waals surface area (Å²) >= 11 is 5.51. The first-order chi connectivity index (χ1) is 9.89. The van der Waals surface area contributed by atoms with E-state index >= 15 is 0 Å². The van der Waals surface area contributed by atoms with Crippen molar-refractivity contribution in [2.24, 2.45) is 0 Å². The van der Waals surface area contributed by atoms with E-state index in [0.717, 1.165) is 10.2 Å². The standard InChI is InChI=1S/C18H19NOS/c1-18(2,3)19-13-7-10-15(17(19)21)11-12-16(20)14-8-5-4-6-9-14/h4-13H,1-3H3/b12-11-. The molecule has 1 aromatic heterocycles. The average molecular weight is 297 g/mol. The number of benzene rings is 1. The number of carbonyl (C=O) groups is 1. The highest BCUT2D eigenvalue weighted by molar-refractivity contribution is 7.71. The van der Waals surface area contributed by atoms with Gasteiger partial charge in [0, 0.05) is 22.9 Å². The number of ketones is 1. The van der Waals surface area contributed by atoms with E-state index in [0.29, 0.717) is 5.56 Å². The van der Waals surface area contributed by atoms with Crippen LogP contribution in [0, 0.1) is 4.64 Å². The third-order valence-corrected chi connectivity index (χ3v) is 3.60. The molecule has 2 aromatic rings. The highest BCUT2D eigenvalue weighted by Gasteiger charge is 2.13. The third-order valence-electron chi connectivity index (χ3n) is 3.17. The number of allylic oxidation sites excluding steroid dienone is 1. The maximum Gasteiger partial charge on any atom is 0.185 e. The summed E-state index contributed by atoms with van der Waals surface area (Å²) in [7, 11) is 0. The smallest absolute Gasteiger partial charge is 0.185 e. The molecule has 0 unspecified atom stereocenters. The molecular weight excluding hydrogens is 278 g/mol. The Morgan fingerprint density at radius 3 is 2.38 bits per heavy atom. The van der Waals surface area contributed by atoms with Crippen molar-refractivity contribution in [2.75, 3.05) is 0 Å². The lowest BCUT2D eigenvalue weighted by atomic mass is 10.1. The fourth-order valence-corrected chi connectivity index (χ4v) is 2.50. The second kappa shape index (κ2) is 6.19. The number of hydrogen-bond donors (Lipinski definition) is 0. The van der Waals surface area contributed by atoms with Crippen LogP contribution in [0.1, 0.15) is 36.7 Å². The molecule has 0 bridgehead atoms. The van der Waals surface area contributed by atoms with Gasteiger partial charge in [-0.15, -0.1) is 0 Å². The molecule has 0 N–H and O–H groups in total. The largest absolute Gasteiger partial charge is 0.333 e. The van der Waals surface area contributed by atoms with Crippen molar-refractivity contribution in [2.45, 2.75) is 26.3 Å². The molecule has 0 aliphatic carbocycles. The summed E-state index contributed by atoms with van der Waals surface area (Å²) in [5.74, 6) is -0.0174. The molecule has 0 saturated carbocycles. The summed E-state index contributed by atoms with van der Waals surface area (Å²) in [5, 5.41) is 0. The van der Waals surface area contributed by atoms with E-state index < -0.39 is 0 Å². The Morgan fingerprint density at radius 2 is 1.76 bits per heavy atom. The molecule has 108 valence electrons. The van der Waals surface area contributed by atoms with Crippen molar-refractivity contribution < 1.29 is 4.79 Å². The molecule has 21 heavy (non-hydrogen) atoms. The number of nitrogens with zero attached hydrogens (tertiary/aromatic N) is 1. The van der Waals surface area contributed by atoms with Crippen LogP contribution in [-0.2, 0) is 5.54 Å². The molecule has 2 rings (SSSR count). The van der Waals surface area contributed by atoms with Gasteiger partial charge in [-0.1, -0.05) is 48.6 Å². The number of pyridine rings is 1. The summed E-state index contributed by atoms with van der Waals surface area (Å²) in [4.78, 5) is 12.1. The van der Waals surface area contributed by atoms with Crippen molar-refractivity contribution in [1.29, 1.82) is 0 Å². The molecule has 0 spiro atoms. The molecule has 2 nitrogen and oxygen atoms in total. The predicted octanol–water partition coefficient (Wildman–Crippen LogP) is 4.87. The SMILES string of the molecule is CC(C)(C)n1cccc(/C=C\C(=O)c2ccccc2)c1=S. The molecule has 0 aliphatic heterocycles. The summed E-state index contributed by atoms with van der Waals surface area (Å²) < 4.78 is 2.77. The van der Waals surface area contributed by atoms with Crippen LogP contribution in [0.15, 0.2) is 54.7 Å². The van der Waals surface area contributed by atoms with Gasteiger partial charge in [0.25, 0.3) is 0 Å². The molecule has 1 heterocycles. The second-order valence-electron chi connectivity index (χ2n) is 5.87. The van der Waals surface area contributed by atoms with E-state index in [9.17, 15) is 4.79 Å². The minimum absolute atomic E-state index is 0.0174. The van der Waals surface area contributed by atoms with Gasteiger partial charge in [0.1, 0.15) is 4.64 Å². The maximum absolute atomic E-state index is 12.1. The van der Waals surface area contributed by atoms with E-state index in [2.05, 4.69) is 20.8 Å². The van der Waals surface area contributed by atoms with Gasteiger partial charge < -0.3 is 4.57 Å². The van der Waals surface area contributed by atoms with E-state index in [1.54, 1.807) is 12.2 Å². The van der Waals surface area contributed by atoms with E-state index in [-0.39, 0.29) is 11.3 Å². The maximum atomic E-state index is 12.1. The van der Waals surface area contributed by atoms with Gasteiger partial charge in [-0.25, -0.2) is 0 Å². The Hall–Kier alpha value is -2.00. The fraction of sp³-hybridized carbons (Fsp3) is 0.222. The summed E-state index contributed by atoms with van der Waals surface area (Å²) in [6.45, 7) is 6.31. The third kappa shape index (κ3) is 3.76. The Balaban J connectivity index is 2.31. The highest BCUT2D eigenvalue weighted by Crippen LogP contribution is 2.17. The van der Waals surface area contributed by atoms with Gasteiger partial charge in [0.15, 0.2) is 5.78 Å². The van der Waals surface area contributed by atoms with Crippen molar-refractivity contribution in [3.05, 3.63) is 70.5 Å². The first-order valence-corrected chi connectivity index (χ1v) is 7.30. The topological polar surface area (TPSA) is 22.0 Å². The van der Waals surface area contributed by atoms with Gasteiger partial charge >= 0.3 is 0 Å². The fourth-order valence-electron chi connectivity index (χ4n) is 2.03. The molecule has 3 heteroatoms. The highest BCUT2D eigenvalue weighted by atomic mass is 32.1. The Labute approximate surface area is 130 Å². The van der Waals surface area contributed by atoms with Crippen LogP contribution in [0.25, 0.3) is 6.08 Å². The first-order valence-electron chi connectivity index (χ1n) is 6.89. The summed E-state index contributed by atoms with van der Waals surface area (Å²) in [6, 6.07) is 13.1. The van der Waals surface area contributed by atoms with Crippen molar-refractivity contribution in [3.63, 3.8) is 0 Å². The molecule has 0 amide bonds. The summed E-state index contributed by atoms with van der Waals surface area (Å²) in [6.07, 6.45) is 5.34. The lowest BCUT2D eigenvalue weighted by Gasteiger charge is -2.24. The lowest BCUT2D eigenvalue weighted by molar-refractivity contribution is 0.104. The van der Waals surface area contributed by atoms with Gasteiger partial charge in [-0.3, -0.25) is 4.79 Å². The monoisotopic (exact) mass is 297 g/mol. The van der Waals surface area contributed by atoms with Gasteiger partial charge in [-0.2, -0.15) is 0 Å². The Kier molecular flexibility index (Phi) is 4.53. The Morgan fingerprint density at radius 1 is 1.10 bits per heavy atom. The number of rotatable bonds is 3. The molecule has 0 fully saturated rings. The molecule has 0 atom stereocenters. The molecule has 0 saturated heterocycles. The normalized spacial score (nSPS) is 11.8. The zero-order chi connectivity index (χ0) is 15.5. The van der Waals surface area contributed by atoms with Crippen LogP contribution >= 0.6 is 12.2 Å². The van der Waals surface area contributed by atoms with Gasteiger partial charge in [0.2, 0.25) is 0 Å². The van der Waals surface area contributed by atoms with Crippen LogP contribution in [0.4, 0.5) is 0 Å². The average Bonchev–Trinajstić information content (AvgIpc) is 2.45.